The number of carbonyl (C=O) groups is 1. The average molecular weight is 323 g/mol. The van der Waals surface area contributed by atoms with Gasteiger partial charge < -0.3 is 5.32 Å². The zero-order valence-electron chi connectivity index (χ0n) is 13.4. The topological polar surface area (TPSA) is 63.2 Å². The second-order valence-electron chi connectivity index (χ2n) is 6.26. The van der Waals surface area contributed by atoms with Crippen molar-refractivity contribution in [1.82, 2.24) is 5.32 Å². The van der Waals surface area contributed by atoms with Crippen molar-refractivity contribution in [3.05, 3.63) is 29.3 Å². The van der Waals surface area contributed by atoms with Crippen LogP contribution >= 0.6 is 0 Å². The number of aryl methyl sites for hydroxylation is 2. The Labute approximate surface area is 133 Å². The molecule has 1 amide bonds. The Balaban J connectivity index is 2.01. The molecule has 2 rings (SSSR count). The molecule has 0 unspecified atom stereocenters. The molecule has 0 radical (unpaired) electrons. The van der Waals surface area contributed by atoms with Gasteiger partial charge in [0.2, 0.25) is 5.91 Å². The van der Waals surface area contributed by atoms with E-state index >= 15 is 0 Å². The lowest BCUT2D eigenvalue weighted by molar-refractivity contribution is -0.119. The van der Waals surface area contributed by atoms with Crippen molar-refractivity contribution >= 4 is 15.7 Å². The first-order chi connectivity index (χ1) is 10.4. The van der Waals surface area contributed by atoms with Crippen molar-refractivity contribution in [2.75, 3.05) is 5.75 Å². The number of benzene rings is 1. The third kappa shape index (κ3) is 4.57. The maximum absolute atomic E-state index is 12.4. The summed E-state index contributed by atoms with van der Waals surface area (Å²) in [4.78, 5) is 12.3. The van der Waals surface area contributed by atoms with Crippen LogP contribution < -0.4 is 5.32 Å². The molecule has 0 saturated heterocycles. The molecule has 0 aliphatic heterocycles. The highest BCUT2D eigenvalue weighted by Gasteiger charge is 2.22. The smallest absolute Gasteiger partial charge is 0.235 e. The van der Waals surface area contributed by atoms with E-state index in [1.165, 1.54) is 12.8 Å². The molecule has 1 fully saturated rings. The number of amides is 1. The molecular weight excluding hydrogens is 298 g/mol. The predicted octanol–water partition coefficient (Wildman–Crippen LogP) is 2.92. The maximum Gasteiger partial charge on any atom is 0.235 e. The molecule has 1 aliphatic rings. The summed E-state index contributed by atoms with van der Waals surface area (Å²) in [6, 6.07) is 5.14. The average Bonchev–Trinajstić information content (AvgIpc) is 2.69. The Bertz CT molecular complexity index is 629. The quantitative estimate of drug-likeness (QED) is 0.867. The predicted molar refractivity (Wildman–Crippen MR) is 87.6 cm³/mol. The van der Waals surface area contributed by atoms with Crippen LogP contribution in [0.3, 0.4) is 0 Å². The monoisotopic (exact) mass is 323 g/mol. The fourth-order valence-electron chi connectivity index (χ4n) is 2.86. The highest BCUT2D eigenvalue weighted by molar-refractivity contribution is 7.92. The molecule has 4 nitrogen and oxygen atoms in total. The first kappa shape index (κ1) is 17.0. The molecule has 1 aromatic rings. The van der Waals surface area contributed by atoms with Gasteiger partial charge in [-0.2, -0.15) is 0 Å². The zero-order chi connectivity index (χ0) is 16.2. The fourth-order valence-corrected chi connectivity index (χ4v) is 4.08. The van der Waals surface area contributed by atoms with E-state index in [-0.39, 0.29) is 16.8 Å². The molecule has 0 heterocycles. The van der Waals surface area contributed by atoms with Gasteiger partial charge in [0.05, 0.1) is 4.90 Å². The zero-order valence-corrected chi connectivity index (χ0v) is 14.2. The van der Waals surface area contributed by atoms with Gasteiger partial charge in [-0.3, -0.25) is 4.79 Å². The maximum atomic E-state index is 12.4. The van der Waals surface area contributed by atoms with Crippen molar-refractivity contribution in [2.24, 2.45) is 0 Å². The van der Waals surface area contributed by atoms with Crippen LogP contribution in [-0.2, 0) is 14.6 Å². The summed E-state index contributed by atoms with van der Waals surface area (Å²) in [5.41, 5.74) is 1.96. The summed E-state index contributed by atoms with van der Waals surface area (Å²) in [5.74, 6) is -0.850. The summed E-state index contributed by atoms with van der Waals surface area (Å²) in [6.07, 6.45) is 6.52. The molecule has 0 bridgehead atoms. The molecule has 5 heteroatoms. The second kappa shape index (κ2) is 7.27. The number of rotatable bonds is 4. The number of carbonyl (C=O) groups excluding carboxylic acids is 1. The summed E-state index contributed by atoms with van der Waals surface area (Å²) in [6.45, 7) is 3.81. The van der Waals surface area contributed by atoms with Crippen LogP contribution in [0.2, 0.25) is 0 Å². The van der Waals surface area contributed by atoms with Crippen LogP contribution in [0.4, 0.5) is 0 Å². The van der Waals surface area contributed by atoms with Gasteiger partial charge in [-0.1, -0.05) is 31.7 Å². The molecule has 0 spiro atoms. The van der Waals surface area contributed by atoms with Crippen LogP contribution in [0.1, 0.15) is 49.7 Å². The van der Waals surface area contributed by atoms with Crippen LogP contribution in [-0.4, -0.2) is 26.1 Å². The highest BCUT2D eigenvalue weighted by Crippen LogP contribution is 2.18. The van der Waals surface area contributed by atoms with Crippen molar-refractivity contribution in [1.29, 1.82) is 0 Å². The fraction of sp³-hybridized carbons (Fsp3) is 0.588. The van der Waals surface area contributed by atoms with Crippen LogP contribution in [0.25, 0.3) is 0 Å². The van der Waals surface area contributed by atoms with Crippen LogP contribution in [0, 0.1) is 13.8 Å². The van der Waals surface area contributed by atoms with Crippen LogP contribution in [0.5, 0.6) is 0 Å². The van der Waals surface area contributed by atoms with E-state index in [9.17, 15) is 13.2 Å². The first-order valence-corrected chi connectivity index (χ1v) is 9.63. The van der Waals surface area contributed by atoms with Crippen molar-refractivity contribution in [2.45, 2.75) is 63.3 Å². The molecule has 22 heavy (non-hydrogen) atoms. The molecule has 1 aliphatic carbocycles. The van der Waals surface area contributed by atoms with E-state index in [2.05, 4.69) is 5.32 Å². The van der Waals surface area contributed by atoms with Gasteiger partial charge >= 0.3 is 0 Å². The van der Waals surface area contributed by atoms with Gasteiger partial charge in [0.15, 0.2) is 9.84 Å². The van der Waals surface area contributed by atoms with E-state index in [0.29, 0.717) is 0 Å². The van der Waals surface area contributed by atoms with Gasteiger partial charge in [0, 0.05) is 6.04 Å². The SMILES string of the molecule is Cc1ccc(S(=O)(=O)CC(=O)NC2CCCCCC2)cc1C. The van der Waals surface area contributed by atoms with E-state index in [4.69, 9.17) is 0 Å². The van der Waals surface area contributed by atoms with E-state index < -0.39 is 15.6 Å². The Morgan fingerprint density at radius 1 is 1.09 bits per heavy atom. The molecular formula is C17H25NO3S. The minimum absolute atomic E-state index is 0.130. The lowest BCUT2D eigenvalue weighted by Crippen LogP contribution is -2.38. The van der Waals surface area contributed by atoms with Gasteiger partial charge in [-0.25, -0.2) is 8.42 Å². The lowest BCUT2D eigenvalue weighted by atomic mass is 10.1. The lowest BCUT2D eigenvalue weighted by Gasteiger charge is -2.16. The second-order valence-corrected chi connectivity index (χ2v) is 8.25. The van der Waals surface area contributed by atoms with Gasteiger partial charge in [-0.05, 0) is 49.9 Å². The molecule has 0 aromatic heterocycles. The molecule has 0 atom stereocenters. The number of hydrogen-bond donors (Lipinski definition) is 1. The molecule has 122 valence electrons. The van der Waals surface area contributed by atoms with Gasteiger partial charge in [-0.15, -0.1) is 0 Å². The first-order valence-electron chi connectivity index (χ1n) is 7.98. The Morgan fingerprint density at radius 3 is 2.32 bits per heavy atom. The van der Waals surface area contributed by atoms with Gasteiger partial charge in [0.25, 0.3) is 0 Å². The Hall–Kier alpha value is -1.36. The third-order valence-corrected chi connectivity index (χ3v) is 5.99. The van der Waals surface area contributed by atoms with Gasteiger partial charge in [0.1, 0.15) is 5.75 Å². The van der Waals surface area contributed by atoms with Crippen molar-refractivity contribution in [3.63, 3.8) is 0 Å². The number of sulfone groups is 1. The summed E-state index contributed by atoms with van der Waals surface area (Å²) >= 11 is 0. The Morgan fingerprint density at radius 2 is 1.73 bits per heavy atom. The largest absolute Gasteiger partial charge is 0.352 e. The van der Waals surface area contributed by atoms with Crippen LogP contribution in [0.15, 0.2) is 23.1 Å². The summed E-state index contributed by atoms with van der Waals surface area (Å²) in [7, 11) is -3.57. The normalized spacial score (nSPS) is 17.0. The summed E-state index contributed by atoms with van der Waals surface area (Å²) in [5, 5.41) is 2.89. The number of nitrogens with one attached hydrogen (secondary N) is 1. The highest BCUT2D eigenvalue weighted by atomic mass is 32.2. The number of hydrogen-bond acceptors (Lipinski definition) is 3. The van der Waals surface area contributed by atoms with E-state index in [1.807, 2.05) is 13.8 Å². The van der Waals surface area contributed by atoms with Crippen molar-refractivity contribution in [3.8, 4) is 0 Å². The van der Waals surface area contributed by atoms with E-state index in [0.717, 1.165) is 36.8 Å². The minimum atomic E-state index is -3.57. The molecule has 1 aromatic carbocycles. The van der Waals surface area contributed by atoms with Crippen molar-refractivity contribution < 1.29 is 13.2 Å². The standard InChI is InChI=1S/C17H25NO3S/c1-13-9-10-16(11-14(13)2)22(20,21)12-17(19)18-15-7-5-3-4-6-8-15/h9-11,15H,3-8,12H2,1-2H3,(H,18,19). The third-order valence-electron chi connectivity index (χ3n) is 4.38. The molecule has 1 saturated carbocycles. The minimum Gasteiger partial charge on any atom is -0.352 e. The summed E-state index contributed by atoms with van der Waals surface area (Å²) < 4.78 is 24.7. The Kier molecular flexibility index (Phi) is 5.62. The molecule has 1 N–H and O–H groups in total. The van der Waals surface area contributed by atoms with E-state index in [1.54, 1.807) is 18.2 Å².